The number of hydrogen-bond donors (Lipinski definition) is 5. The third-order valence-electron chi connectivity index (χ3n) is 18.1. The highest BCUT2D eigenvalue weighted by atomic mass is 32.1. The number of pyridine rings is 1. The molecule has 0 radical (unpaired) electrons. The van der Waals surface area contributed by atoms with Gasteiger partial charge in [-0.1, -0.05) is 43.3 Å². The summed E-state index contributed by atoms with van der Waals surface area (Å²) in [6.07, 6.45) is 9.73. The van der Waals surface area contributed by atoms with Crippen LogP contribution in [-0.4, -0.2) is 152 Å². The van der Waals surface area contributed by atoms with E-state index in [9.17, 15) is 19.8 Å². The van der Waals surface area contributed by atoms with Crippen molar-refractivity contribution in [3.05, 3.63) is 95.5 Å². The summed E-state index contributed by atoms with van der Waals surface area (Å²) in [6.45, 7) is 14.3. The van der Waals surface area contributed by atoms with Crippen molar-refractivity contribution in [1.82, 2.24) is 40.4 Å². The number of hydrogen-bond acceptors (Lipinski definition) is 19. The molecule has 6 aromatic rings. The van der Waals surface area contributed by atoms with Gasteiger partial charge in [0.2, 0.25) is 17.7 Å². The summed E-state index contributed by atoms with van der Waals surface area (Å²) in [5.74, 6) is 1.56. The Labute approximate surface area is 483 Å². The van der Waals surface area contributed by atoms with Crippen LogP contribution < -0.4 is 36.2 Å². The minimum absolute atomic E-state index is 0.0588. The number of nitrogens with zero attached hydrogens (tertiary/aromatic N) is 10. The molecule has 5 saturated heterocycles. The Hall–Kier alpha value is -7.07. The Bertz CT molecular complexity index is 3210. The number of amides is 2. The number of carbonyl (C=O) groups excluding carboxylic acids is 2. The highest BCUT2D eigenvalue weighted by Crippen LogP contribution is 2.41. The van der Waals surface area contributed by atoms with Crippen LogP contribution in [-0.2, 0) is 14.3 Å². The van der Waals surface area contributed by atoms with Gasteiger partial charge in [-0.25, -0.2) is 9.97 Å². The minimum atomic E-state index is -0.846. The summed E-state index contributed by atoms with van der Waals surface area (Å²) >= 11 is 1.55. The van der Waals surface area contributed by atoms with Gasteiger partial charge in [0.15, 0.2) is 17.4 Å². The number of benzene rings is 2. The van der Waals surface area contributed by atoms with Crippen LogP contribution in [0, 0.1) is 18.8 Å². The summed E-state index contributed by atoms with van der Waals surface area (Å²) in [7, 11) is 0. The molecule has 1 aliphatic carbocycles. The molecule has 82 heavy (non-hydrogen) atoms. The number of aromatic hydroxyl groups is 1. The summed E-state index contributed by atoms with van der Waals surface area (Å²) in [5.41, 5.74) is 21.2. The van der Waals surface area contributed by atoms with Gasteiger partial charge in [-0.3, -0.25) is 9.59 Å². The maximum atomic E-state index is 14.4. The lowest BCUT2D eigenvalue weighted by atomic mass is 9.91. The number of piperidine rings is 2. The number of likely N-dealkylation sites (tertiary alicyclic amines) is 2. The van der Waals surface area contributed by atoms with Crippen LogP contribution in [0.5, 0.6) is 11.6 Å². The van der Waals surface area contributed by atoms with Gasteiger partial charge in [-0.05, 0) is 106 Å². The zero-order valence-corrected chi connectivity index (χ0v) is 48.2. The molecular weight excluding hydrogens is 1060 g/mol. The third kappa shape index (κ3) is 11.7. The fraction of sp³-hybridized carbons (Fsp3) is 0.525. The number of para-hydroxylation sites is 1. The molecule has 6 aliphatic rings. The second-order valence-corrected chi connectivity index (χ2v) is 24.9. The predicted molar refractivity (Wildman–Crippen MR) is 316 cm³/mol. The SMILES string of the molecule is Cc1ncsc1-c1ccc([C@H](C)NC(=O)[C@@H]2C[C@@H](O)CN2C(=O)[C@@H](c2cc(N3CCC(CN4CCC(OC5CC(Oc6cc(N7C8CCC7CN(c7cc(-c9ccccc9O)nnc7N)C8)ccn6)C5)CC4)CC3)no2)C(C)C)c(N)c1. The van der Waals surface area contributed by atoms with Gasteiger partial charge >= 0.3 is 0 Å². The molecule has 5 aliphatic heterocycles. The molecule has 6 atom stereocenters. The van der Waals surface area contributed by atoms with Gasteiger partial charge in [0.05, 0.1) is 51.8 Å². The lowest BCUT2D eigenvalue weighted by molar-refractivity contribution is -0.141. The molecule has 2 amide bonds. The Kier molecular flexibility index (Phi) is 16.0. The molecule has 9 heterocycles. The highest BCUT2D eigenvalue weighted by molar-refractivity contribution is 7.13. The molecule has 0 spiro atoms. The first kappa shape index (κ1) is 55.5. The number of aromatic nitrogens is 5. The zero-order chi connectivity index (χ0) is 56.8. The van der Waals surface area contributed by atoms with E-state index in [2.05, 4.69) is 62.4 Å². The van der Waals surface area contributed by atoms with Crippen LogP contribution in [0.1, 0.15) is 108 Å². The second-order valence-electron chi connectivity index (χ2n) is 24.0. The first-order valence-corrected chi connectivity index (χ1v) is 30.3. The Balaban J connectivity index is 0.567. The Morgan fingerprint density at radius 1 is 0.841 bits per heavy atom. The van der Waals surface area contributed by atoms with Crippen molar-refractivity contribution in [1.29, 1.82) is 0 Å². The quantitative estimate of drug-likeness (QED) is 0.0552. The Morgan fingerprint density at radius 3 is 2.33 bits per heavy atom. The van der Waals surface area contributed by atoms with E-state index < -0.39 is 24.1 Å². The third-order valence-corrected chi connectivity index (χ3v) is 19.1. The molecule has 21 heteroatoms. The second kappa shape index (κ2) is 23.7. The normalized spacial score (nSPS) is 24.2. The molecule has 6 fully saturated rings. The standard InChI is InChI=1S/C61H77N13O7S/c1-35(2)57(61(78)73-33-43(75)25-52(73)60(77)66-36(3)47-12-9-39(23-49(47)62)58-37(4)65-34-82-58)54-29-55(69-81-54)71-21-14-38(15-22-71)30-70-19-16-44(17-20-70)79-45-26-46(27-45)80-56-24-40(13-18-64-56)74-41-10-11-42(74)32-72(31-41)51-28-50(67-68-59(51)63)48-7-5-6-8-53(48)76/h5-9,12-13,18,23-24,28-29,34-36,38,41-46,52,57,75-76H,10-11,14-17,19-22,25-27,30-33,62H2,1-4H3,(H2,63,68)(H,66,77)/t36-,41?,42?,43+,45?,46?,52-,57+/m0/s1. The molecule has 2 aromatic carbocycles. The number of phenolic OH excluding ortho intramolecular Hbond substituents is 1. The first-order chi connectivity index (χ1) is 39.7. The zero-order valence-electron chi connectivity index (χ0n) is 47.3. The van der Waals surface area contributed by atoms with Crippen molar-refractivity contribution in [2.24, 2.45) is 11.8 Å². The number of aliphatic hydroxyl groups excluding tert-OH is 1. The van der Waals surface area contributed by atoms with Gasteiger partial charge < -0.3 is 65.5 Å². The van der Waals surface area contributed by atoms with Gasteiger partial charge in [0.1, 0.15) is 23.8 Å². The molecule has 12 rings (SSSR count). The maximum absolute atomic E-state index is 14.4. The average Bonchev–Trinajstić information content (AvgIpc) is 3.95. The van der Waals surface area contributed by atoms with E-state index in [1.807, 2.05) is 81.9 Å². The first-order valence-electron chi connectivity index (χ1n) is 29.4. The summed E-state index contributed by atoms with van der Waals surface area (Å²) in [5, 5.41) is 37.4. The fourth-order valence-electron chi connectivity index (χ4n) is 13.6. The molecular formula is C61H77N13O7S. The average molecular weight is 1140 g/mol. The van der Waals surface area contributed by atoms with E-state index in [0.29, 0.717) is 52.4 Å². The number of piperazine rings is 1. The predicted octanol–water partition coefficient (Wildman–Crippen LogP) is 7.57. The molecule has 1 saturated carbocycles. The number of rotatable bonds is 17. The van der Waals surface area contributed by atoms with E-state index in [0.717, 1.165) is 136 Å². The number of thiazole rings is 1. The van der Waals surface area contributed by atoms with E-state index in [-0.39, 0.29) is 54.8 Å². The molecule has 4 aromatic heterocycles. The summed E-state index contributed by atoms with van der Waals surface area (Å²) in [4.78, 5) is 49.6. The molecule has 2 bridgehead atoms. The van der Waals surface area contributed by atoms with Crippen LogP contribution >= 0.6 is 11.3 Å². The van der Waals surface area contributed by atoms with E-state index >= 15 is 0 Å². The number of nitrogen functional groups attached to an aromatic ring is 2. The van der Waals surface area contributed by atoms with Crippen molar-refractivity contribution in [3.8, 4) is 33.3 Å². The monoisotopic (exact) mass is 1140 g/mol. The van der Waals surface area contributed by atoms with Crippen LogP contribution in [0.15, 0.2) is 83.0 Å². The van der Waals surface area contributed by atoms with Crippen LogP contribution in [0.3, 0.4) is 0 Å². The van der Waals surface area contributed by atoms with Gasteiger partial charge in [-0.15, -0.1) is 21.5 Å². The fourth-order valence-corrected chi connectivity index (χ4v) is 14.4. The number of phenols is 1. The van der Waals surface area contributed by atoms with E-state index in [1.54, 1.807) is 23.5 Å². The van der Waals surface area contributed by atoms with Gasteiger partial charge in [-0.2, -0.15) is 0 Å². The summed E-state index contributed by atoms with van der Waals surface area (Å²) < 4.78 is 19.1. The molecule has 20 nitrogen and oxygen atoms in total. The Morgan fingerprint density at radius 2 is 1.61 bits per heavy atom. The van der Waals surface area contributed by atoms with Gasteiger partial charge in [0, 0.05) is 119 Å². The molecule has 7 N–H and O–H groups in total. The van der Waals surface area contributed by atoms with Crippen molar-refractivity contribution in [3.63, 3.8) is 0 Å². The van der Waals surface area contributed by atoms with E-state index in [1.165, 1.54) is 4.90 Å². The van der Waals surface area contributed by atoms with Gasteiger partial charge in [0.25, 0.3) is 0 Å². The topological polar surface area (TPSA) is 251 Å². The van der Waals surface area contributed by atoms with Crippen molar-refractivity contribution in [2.45, 2.75) is 140 Å². The number of fused-ring (bicyclic) bond motifs is 2. The van der Waals surface area contributed by atoms with Crippen LogP contribution in [0.2, 0.25) is 0 Å². The van der Waals surface area contributed by atoms with Crippen LogP contribution in [0.25, 0.3) is 21.7 Å². The number of ether oxygens (including phenoxy) is 2. The van der Waals surface area contributed by atoms with Crippen molar-refractivity contribution in [2.75, 3.05) is 78.5 Å². The smallest absolute Gasteiger partial charge is 0.243 e. The largest absolute Gasteiger partial charge is 0.507 e. The maximum Gasteiger partial charge on any atom is 0.243 e. The van der Waals surface area contributed by atoms with Crippen LogP contribution in [0.4, 0.5) is 28.7 Å². The molecule has 434 valence electrons. The van der Waals surface area contributed by atoms with Crippen molar-refractivity contribution >= 4 is 51.8 Å². The highest BCUT2D eigenvalue weighted by Gasteiger charge is 2.45. The number of nitrogens with two attached hydrogens (primary N) is 2. The number of nitrogens with one attached hydrogen (secondary N) is 1. The molecule has 2 unspecified atom stereocenters. The number of β-amino-alcohol motifs (C(OH)–C–C–N with tert-alkyl or cyclic N) is 1. The lowest BCUT2D eigenvalue weighted by Crippen LogP contribution is -2.54. The number of aliphatic hydroxyl groups is 1. The minimum Gasteiger partial charge on any atom is -0.507 e. The number of carbonyl (C=O) groups is 2. The number of aryl methyl sites for hydroxylation is 1. The summed E-state index contributed by atoms with van der Waals surface area (Å²) in [6, 6.07) is 20.3. The lowest BCUT2D eigenvalue weighted by Gasteiger charge is -2.43. The van der Waals surface area contributed by atoms with E-state index in [4.69, 9.17) is 25.5 Å². The number of anilines is 5. The van der Waals surface area contributed by atoms with Crippen molar-refractivity contribution < 1.29 is 33.8 Å².